The van der Waals surface area contributed by atoms with Gasteiger partial charge in [-0.15, -0.1) is 0 Å². The van der Waals surface area contributed by atoms with Crippen molar-refractivity contribution in [2.24, 2.45) is 0 Å². The number of aryl methyl sites for hydroxylation is 1. The fraction of sp³-hybridized carbons (Fsp3) is 0.357. The molecular formula is C14H16O6. The zero-order valence-corrected chi connectivity index (χ0v) is 11.0. The van der Waals surface area contributed by atoms with Crippen LogP contribution in [0.5, 0.6) is 0 Å². The van der Waals surface area contributed by atoms with E-state index in [9.17, 15) is 19.5 Å². The van der Waals surface area contributed by atoms with Crippen LogP contribution in [0, 0.1) is 0 Å². The van der Waals surface area contributed by atoms with Gasteiger partial charge in [-0.2, -0.15) is 0 Å². The van der Waals surface area contributed by atoms with E-state index in [1.54, 1.807) is 6.92 Å². The average molecular weight is 280 g/mol. The number of aliphatic hydroxyl groups excluding tert-OH is 1. The number of hydrogen-bond donors (Lipinski definition) is 2. The minimum atomic E-state index is -1.67. The van der Waals surface area contributed by atoms with Crippen LogP contribution in [0.4, 0.5) is 0 Å². The normalized spacial score (nSPS) is 11.7. The molecule has 0 spiro atoms. The molecule has 0 fully saturated rings. The molecule has 0 radical (unpaired) electrons. The van der Waals surface area contributed by atoms with Crippen LogP contribution in [0.1, 0.15) is 40.9 Å². The van der Waals surface area contributed by atoms with Crippen LogP contribution in [0.2, 0.25) is 0 Å². The van der Waals surface area contributed by atoms with Crippen molar-refractivity contribution in [1.29, 1.82) is 0 Å². The molecule has 0 saturated carbocycles. The fourth-order valence-electron chi connectivity index (χ4n) is 1.73. The highest BCUT2D eigenvalue weighted by atomic mass is 16.5. The molecule has 0 aliphatic carbocycles. The number of esters is 1. The number of carbonyl (C=O) groups is 3. The Morgan fingerprint density at radius 2 is 2.10 bits per heavy atom. The largest absolute Gasteiger partial charge is 0.479 e. The molecule has 0 amide bonds. The SMILES string of the molecule is CCOC(=O)CCc1ccc(C(O)C(=O)O)cc1C=O. The minimum Gasteiger partial charge on any atom is -0.479 e. The number of rotatable bonds is 7. The van der Waals surface area contributed by atoms with Crippen LogP contribution in [0.25, 0.3) is 0 Å². The van der Waals surface area contributed by atoms with Crippen LogP contribution in [-0.4, -0.2) is 35.0 Å². The summed E-state index contributed by atoms with van der Waals surface area (Å²) >= 11 is 0. The molecule has 0 saturated heterocycles. The maximum atomic E-state index is 11.3. The third kappa shape index (κ3) is 4.17. The molecule has 20 heavy (non-hydrogen) atoms. The Balaban J connectivity index is 2.86. The molecule has 6 nitrogen and oxygen atoms in total. The van der Waals surface area contributed by atoms with Gasteiger partial charge >= 0.3 is 11.9 Å². The molecule has 1 aromatic rings. The molecule has 6 heteroatoms. The molecule has 0 aliphatic rings. The number of carboxylic acid groups (broad SMARTS) is 1. The monoisotopic (exact) mass is 280 g/mol. The number of hydrogen-bond acceptors (Lipinski definition) is 5. The van der Waals surface area contributed by atoms with E-state index >= 15 is 0 Å². The van der Waals surface area contributed by atoms with Gasteiger partial charge in [0.1, 0.15) is 6.29 Å². The smallest absolute Gasteiger partial charge is 0.337 e. The zero-order valence-electron chi connectivity index (χ0n) is 11.0. The Kier molecular flexibility index (Phi) is 5.86. The van der Waals surface area contributed by atoms with Crippen LogP contribution in [0.3, 0.4) is 0 Å². The molecular weight excluding hydrogens is 264 g/mol. The number of ether oxygens (including phenoxy) is 1. The van der Waals surface area contributed by atoms with Gasteiger partial charge in [-0.3, -0.25) is 9.59 Å². The van der Waals surface area contributed by atoms with Crippen LogP contribution >= 0.6 is 0 Å². The Morgan fingerprint density at radius 3 is 2.65 bits per heavy atom. The standard InChI is InChI=1S/C14H16O6/c1-2-20-12(16)6-5-9-3-4-10(7-11(9)8-15)13(17)14(18)19/h3-4,7-8,13,17H,2,5-6H2,1H3,(H,18,19). The first-order valence-corrected chi connectivity index (χ1v) is 6.14. The Bertz CT molecular complexity index is 508. The molecule has 1 aromatic carbocycles. The highest BCUT2D eigenvalue weighted by Gasteiger charge is 2.17. The molecule has 108 valence electrons. The van der Waals surface area contributed by atoms with Gasteiger partial charge in [0.05, 0.1) is 6.61 Å². The molecule has 1 unspecified atom stereocenters. The summed E-state index contributed by atoms with van der Waals surface area (Å²) in [6.45, 7) is 2.00. The Labute approximate surface area is 116 Å². The number of aliphatic hydroxyl groups is 1. The summed E-state index contributed by atoms with van der Waals surface area (Å²) in [6, 6.07) is 4.27. The lowest BCUT2D eigenvalue weighted by molar-refractivity contribution is -0.147. The second-order valence-corrected chi connectivity index (χ2v) is 4.12. The van der Waals surface area contributed by atoms with Crippen molar-refractivity contribution in [2.45, 2.75) is 25.9 Å². The van der Waals surface area contributed by atoms with Gasteiger partial charge in [-0.25, -0.2) is 4.79 Å². The Hall–Kier alpha value is -2.21. The predicted molar refractivity (Wildman–Crippen MR) is 69.4 cm³/mol. The lowest BCUT2D eigenvalue weighted by Crippen LogP contribution is -2.11. The first kappa shape index (κ1) is 15.8. The van der Waals surface area contributed by atoms with Crippen LogP contribution in [-0.2, 0) is 20.7 Å². The van der Waals surface area contributed by atoms with Gasteiger partial charge in [-0.05, 0) is 30.5 Å². The molecule has 1 atom stereocenters. The number of carboxylic acids is 1. The highest BCUT2D eigenvalue weighted by molar-refractivity contribution is 5.80. The third-order valence-corrected chi connectivity index (χ3v) is 2.75. The van der Waals surface area contributed by atoms with Gasteiger partial charge in [0.25, 0.3) is 0 Å². The van der Waals surface area contributed by atoms with E-state index in [4.69, 9.17) is 9.84 Å². The molecule has 2 N–H and O–H groups in total. The zero-order chi connectivity index (χ0) is 15.1. The minimum absolute atomic E-state index is 0.125. The lowest BCUT2D eigenvalue weighted by Gasteiger charge is -2.10. The molecule has 0 heterocycles. The maximum absolute atomic E-state index is 11.3. The average Bonchev–Trinajstić information content (AvgIpc) is 2.44. The van der Waals surface area contributed by atoms with E-state index in [-0.39, 0.29) is 23.5 Å². The second kappa shape index (κ2) is 7.40. The molecule has 0 bridgehead atoms. The van der Waals surface area contributed by atoms with Crippen molar-refractivity contribution >= 4 is 18.2 Å². The summed E-state index contributed by atoms with van der Waals surface area (Å²) in [5.41, 5.74) is 0.987. The van der Waals surface area contributed by atoms with Gasteiger partial charge in [0, 0.05) is 12.0 Å². The van der Waals surface area contributed by atoms with Crippen molar-refractivity contribution in [1.82, 2.24) is 0 Å². The fourth-order valence-corrected chi connectivity index (χ4v) is 1.73. The topological polar surface area (TPSA) is 101 Å². The van der Waals surface area contributed by atoms with E-state index in [1.807, 2.05) is 0 Å². The van der Waals surface area contributed by atoms with Crippen molar-refractivity contribution in [2.75, 3.05) is 6.61 Å². The first-order chi connectivity index (χ1) is 9.49. The van der Waals surface area contributed by atoms with Crippen molar-refractivity contribution in [3.63, 3.8) is 0 Å². The molecule has 0 aliphatic heterocycles. The highest BCUT2D eigenvalue weighted by Crippen LogP contribution is 2.18. The third-order valence-electron chi connectivity index (χ3n) is 2.75. The summed E-state index contributed by atoms with van der Waals surface area (Å²) in [5, 5.41) is 18.1. The van der Waals surface area contributed by atoms with Crippen molar-refractivity contribution in [3.05, 3.63) is 34.9 Å². The Morgan fingerprint density at radius 1 is 1.40 bits per heavy atom. The predicted octanol–water partition coefficient (Wildman–Crippen LogP) is 1.11. The van der Waals surface area contributed by atoms with Crippen molar-refractivity contribution < 1.29 is 29.3 Å². The molecule has 1 rings (SSSR count). The van der Waals surface area contributed by atoms with E-state index in [1.165, 1.54) is 18.2 Å². The van der Waals surface area contributed by atoms with Gasteiger partial charge in [0.2, 0.25) is 0 Å². The van der Waals surface area contributed by atoms with E-state index in [0.717, 1.165) is 0 Å². The summed E-state index contributed by atoms with van der Waals surface area (Å²) in [6.07, 6.45) is -0.655. The number of benzene rings is 1. The summed E-state index contributed by atoms with van der Waals surface area (Å²) < 4.78 is 4.79. The summed E-state index contributed by atoms with van der Waals surface area (Å²) in [7, 11) is 0. The number of carbonyl (C=O) groups excluding carboxylic acids is 2. The van der Waals surface area contributed by atoms with Crippen molar-refractivity contribution in [3.8, 4) is 0 Å². The van der Waals surface area contributed by atoms with Gasteiger partial charge in [0.15, 0.2) is 6.10 Å². The first-order valence-electron chi connectivity index (χ1n) is 6.14. The lowest BCUT2D eigenvalue weighted by atomic mass is 9.98. The van der Waals surface area contributed by atoms with Gasteiger partial charge < -0.3 is 14.9 Å². The number of aldehydes is 1. The van der Waals surface area contributed by atoms with E-state index < -0.39 is 12.1 Å². The second-order valence-electron chi connectivity index (χ2n) is 4.12. The maximum Gasteiger partial charge on any atom is 0.337 e. The number of aliphatic carboxylic acids is 1. The van der Waals surface area contributed by atoms with Crippen LogP contribution in [0.15, 0.2) is 18.2 Å². The summed E-state index contributed by atoms with van der Waals surface area (Å²) in [5.74, 6) is -1.75. The van der Waals surface area contributed by atoms with E-state index in [2.05, 4.69) is 0 Å². The molecule has 0 aromatic heterocycles. The summed E-state index contributed by atoms with van der Waals surface area (Å²) in [4.78, 5) is 32.9. The van der Waals surface area contributed by atoms with E-state index in [0.29, 0.717) is 24.9 Å². The van der Waals surface area contributed by atoms with Crippen LogP contribution < -0.4 is 0 Å². The quantitative estimate of drug-likeness (QED) is 0.573. The van der Waals surface area contributed by atoms with Gasteiger partial charge in [-0.1, -0.05) is 12.1 Å².